The molecule has 0 aromatic heterocycles. The fraction of sp³-hybridized carbons (Fsp3) is 0.562. The molecule has 1 unspecified atom stereocenters. The van der Waals surface area contributed by atoms with Crippen LogP contribution < -0.4 is 15.4 Å². The van der Waals surface area contributed by atoms with Crippen LogP contribution in [-0.2, 0) is 6.54 Å². The molecule has 1 fully saturated rings. The first-order chi connectivity index (χ1) is 10.6. The summed E-state index contributed by atoms with van der Waals surface area (Å²) < 4.78 is 18.7. The summed E-state index contributed by atoms with van der Waals surface area (Å²) in [6, 6.07) is 4.48. The lowest BCUT2D eigenvalue weighted by Crippen LogP contribution is -2.38. The first-order valence-corrected chi connectivity index (χ1v) is 7.68. The van der Waals surface area contributed by atoms with Crippen molar-refractivity contribution >= 4 is 6.03 Å². The predicted molar refractivity (Wildman–Crippen MR) is 83.4 cm³/mol. The van der Waals surface area contributed by atoms with Gasteiger partial charge in [-0.25, -0.2) is 9.18 Å². The minimum Gasteiger partial charge on any atom is -0.496 e. The molecule has 6 heteroatoms. The molecule has 2 amide bonds. The van der Waals surface area contributed by atoms with Gasteiger partial charge in [0.05, 0.1) is 7.11 Å². The highest BCUT2D eigenvalue weighted by Gasteiger charge is 2.23. The van der Waals surface area contributed by atoms with Crippen molar-refractivity contribution < 1.29 is 13.9 Å². The van der Waals surface area contributed by atoms with Gasteiger partial charge in [-0.2, -0.15) is 0 Å². The van der Waals surface area contributed by atoms with Crippen molar-refractivity contribution in [3.8, 4) is 5.75 Å². The van der Waals surface area contributed by atoms with Crippen LogP contribution in [0.3, 0.4) is 0 Å². The SMILES string of the molecule is CCNC(=O)NCC1CCN(Cc2cc(F)ccc2OC)C1. The number of nitrogens with one attached hydrogen (secondary N) is 2. The number of carbonyl (C=O) groups excluding carboxylic acids is 1. The minimum absolute atomic E-state index is 0.118. The van der Waals surface area contributed by atoms with Gasteiger partial charge < -0.3 is 15.4 Å². The van der Waals surface area contributed by atoms with Gasteiger partial charge in [0, 0.05) is 31.7 Å². The molecule has 1 aliphatic heterocycles. The van der Waals surface area contributed by atoms with E-state index in [1.54, 1.807) is 13.2 Å². The van der Waals surface area contributed by atoms with Crippen LogP contribution in [0.2, 0.25) is 0 Å². The van der Waals surface area contributed by atoms with Crippen LogP contribution in [0.25, 0.3) is 0 Å². The Balaban J connectivity index is 1.83. The van der Waals surface area contributed by atoms with Crippen LogP contribution in [0.4, 0.5) is 9.18 Å². The highest BCUT2D eigenvalue weighted by Crippen LogP contribution is 2.24. The molecule has 1 saturated heterocycles. The number of halogens is 1. The lowest BCUT2D eigenvalue weighted by atomic mass is 10.1. The van der Waals surface area contributed by atoms with Crippen LogP contribution >= 0.6 is 0 Å². The Morgan fingerprint density at radius 3 is 3.00 bits per heavy atom. The van der Waals surface area contributed by atoms with Crippen molar-refractivity contribution in [2.24, 2.45) is 5.92 Å². The third kappa shape index (κ3) is 4.59. The van der Waals surface area contributed by atoms with Crippen LogP contribution in [0.15, 0.2) is 18.2 Å². The Hall–Kier alpha value is -1.82. The lowest BCUT2D eigenvalue weighted by molar-refractivity contribution is 0.239. The molecule has 0 spiro atoms. The number of carbonyl (C=O) groups is 1. The summed E-state index contributed by atoms with van der Waals surface area (Å²) in [5.41, 5.74) is 0.861. The molecule has 1 aromatic carbocycles. The first kappa shape index (κ1) is 16.5. The zero-order valence-electron chi connectivity index (χ0n) is 13.2. The quantitative estimate of drug-likeness (QED) is 0.845. The zero-order chi connectivity index (χ0) is 15.9. The van der Waals surface area contributed by atoms with E-state index in [0.717, 1.165) is 25.1 Å². The molecule has 2 rings (SSSR count). The van der Waals surface area contributed by atoms with Crippen molar-refractivity contribution in [1.82, 2.24) is 15.5 Å². The molecule has 0 bridgehead atoms. The summed E-state index contributed by atoms with van der Waals surface area (Å²) in [6.45, 7) is 5.69. The molecule has 1 aromatic rings. The number of amides is 2. The molecular formula is C16H24FN3O2. The first-order valence-electron chi connectivity index (χ1n) is 7.68. The van der Waals surface area contributed by atoms with Gasteiger partial charge in [-0.1, -0.05) is 0 Å². The fourth-order valence-electron chi connectivity index (χ4n) is 2.79. The molecule has 0 aliphatic carbocycles. The van der Waals surface area contributed by atoms with Gasteiger partial charge in [-0.15, -0.1) is 0 Å². The van der Waals surface area contributed by atoms with Crippen molar-refractivity contribution in [1.29, 1.82) is 0 Å². The molecule has 1 aliphatic rings. The van der Waals surface area contributed by atoms with E-state index in [9.17, 15) is 9.18 Å². The molecule has 2 N–H and O–H groups in total. The lowest BCUT2D eigenvalue weighted by Gasteiger charge is -2.18. The van der Waals surface area contributed by atoms with E-state index in [-0.39, 0.29) is 11.8 Å². The van der Waals surface area contributed by atoms with Gasteiger partial charge in [0.25, 0.3) is 0 Å². The van der Waals surface area contributed by atoms with E-state index in [0.29, 0.717) is 31.3 Å². The Morgan fingerprint density at radius 2 is 2.27 bits per heavy atom. The highest BCUT2D eigenvalue weighted by molar-refractivity contribution is 5.73. The topological polar surface area (TPSA) is 53.6 Å². The zero-order valence-corrected chi connectivity index (χ0v) is 13.2. The van der Waals surface area contributed by atoms with Crippen LogP contribution in [0.1, 0.15) is 18.9 Å². The van der Waals surface area contributed by atoms with Crippen LogP contribution in [0.5, 0.6) is 5.75 Å². The number of nitrogens with zero attached hydrogens (tertiary/aromatic N) is 1. The van der Waals surface area contributed by atoms with Gasteiger partial charge in [-0.3, -0.25) is 4.90 Å². The highest BCUT2D eigenvalue weighted by atomic mass is 19.1. The smallest absolute Gasteiger partial charge is 0.314 e. The number of urea groups is 1. The maximum absolute atomic E-state index is 13.4. The van der Waals surface area contributed by atoms with Crippen molar-refractivity contribution in [3.05, 3.63) is 29.6 Å². The molecule has 1 heterocycles. The fourth-order valence-corrected chi connectivity index (χ4v) is 2.79. The number of methoxy groups -OCH3 is 1. The maximum atomic E-state index is 13.4. The maximum Gasteiger partial charge on any atom is 0.314 e. The van der Waals surface area contributed by atoms with Crippen LogP contribution in [-0.4, -0.2) is 44.2 Å². The molecule has 0 saturated carbocycles. The molecule has 1 atom stereocenters. The van der Waals surface area contributed by atoms with E-state index in [1.807, 2.05) is 6.92 Å². The van der Waals surface area contributed by atoms with Gasteiger partial charge >= 0.3 is 6.03 Å². The minimum atomic E-state index is -0.246. The Kier molecular flexibility index (Phi) is 6.00. The second-order valence-corrected chi connectivity index (χ2v) is 5.59. The van der Waals surface area contributed by atoms with Crippen molar-refractivity contribution in [3.63, 3.8) is 0 Å². The van der Waals surface area contributed by atoms with Gasteiger partial charge in [0.1, 0.15) is 11.6 Å². The summed E-state index contributed by atoms with van der Waals surface area (Å²) in [7, 11) is 1.60. The Bertz CT molecular complexity index is 510. The Morgan fingerprint density at radius 1 is 1.45 bits per heavy atom. The van der Waals surface area contributed by atoms with E-state index >= 15 is 0 Å². The molecule has 5 nitrogen and oxygen atoms in total. The molecule has 22 heavy (non-hydrogen) atoms. The summed E-state index contributed by atoms with van der Waals surface area (Å²) in [5, 5.41) is 5.60. The van der Waals surface area contributed by atoms with E-state index in [4.69, 9.17) is 4.74 Å². The molecule has 0 radical (unpaired) electrons. The number of hydrogen-bond donors (Lipinski definition) is 2. The number of rotatable bonds is 6. The van der Waals surface area contributed by atoms with E-state index < -0.39 is 0 Å². The summed E-state index contributed by atoms with van der Waals surface area (Å²) in [4.78, 5) is 13.7. The number of likely N-dealkylation sites (tertiary alicyclic amines) is 1. The predicted octanol–water partition coefficient (Wildman–Crippen LogP) is 1.98. The van der Waals surface area contributed by atoms with Crippen molar-refractivity contribution in [2.75, 3.05) is 33.3 Å². The van der Waals surface area contributed by atoms with Gasteiger partial charge in [-0.05, 0) is 44.0 Å². The number of benzene rings is 1. The summed E-state index contributed by atoms with van der Waals surface area (Å²) in [6.07, 6.45) is 1.03. The second-order valence-electron chi connectivity index (χ2n) is 5.59. The monoisotopic (exact) mass is 309 g/mol. The van der Waals surface area contributed by atoms with E-state index in [1.165, 1.54) is 12.1 Å². The summed E-state index contributed by atoms with van der Waals surface area (Å²) >= 11 is 0. The number of ether oxygens (including phenoxy) is 1. The van der Waals surface area contributed by atoms with Gasteiger partial charge in [0.15, 0.2) is 0 Å². The third-order valence-electron chi connectivity index (χ3n) is 3.90. The van der Waals surface area contributed by atoms with Gasteiger partial charge in [0.2, 0.25) is 0 Å². The Labute approximate surface area is 130 Å². The largest absolute Gasteiger partial charge is 0.496 e. The average Bonchev–Trinajstić information content (AvgIpc) is 2.93. The normalized spacial score (nSPS) is 18.2. The standard InChI is InChI=1S/C16H24FN3O2/c1-3-18-16(21)19-9-12-6-7-20(10-12)11-13-8-14(17)4-5-15(13)22-2/h4-5,8,12H,3,6-7,9-11H2,1-2H3,(H2,18,19,21). The van der Waals surface area contributed by atoms with E-state index in [2.05, 4.69) is 15.5 Å². The third-order valence-corrected chi connectivity index (χ3v) is 3.90. The number of hydrogen-bond acceptors (Lipinski definition) is 3. The van der Waals surface area contributed by atoms with Crippen molar-refractivity contribution in [2.45, 2.75) is 19.9 Å². The molecular weight excluding hydrogens is 285 g/mol. The second kappa shape index (κ2) is 7.98. The van der Waals surface area contributed by atoms with Crippen LogP contribution in [0, 0.1) is 11.7 Å². The average molecular weight is 309 g/mol. The molecule has 122 valence electrons. The summed E-state index contributed by atoms with van der Waals surface area (Å²) in [5.74, 6) is 0.900.